The van der Waals surface area contributed by atoms with Crippen LogP contribution in [0.3, 0.4) is 0 Å². The van der Waals surface area contributed by atoms with Crippen molar-refractivity contribution in [1.82, 2.24) is 4.98 Å². The summed E-state index contributed by atoms with van der Waals surface area (Å²) in [5.74, 6) is -1.22. The Kier molecular flexibility index (Phi) is 2.33. The molecule has 1 aromatic heterocycles. The largest absolute Gasteiger partial charge is 0.384 e. The number of nitrogens with two attached hydrogens (primary N) is 1. The molecule has 0 saturated carbocycles. The van der Waals surface area contributed by atoms with E-state index < -0.39 is 11.6 Å². The topological polar surface area (TPSA) is 65.6 Å². The number of halogens is 2. The Bertz CT molecular complexity index is 581. The van der Waals surface area contributed by atoms with Gasteiger partial charge in [-0.1, -0.05) is 0 Å². The Morgan fingerprint density at radius 1 is 1.25 bits per heavy atom. The molecular formula is C11H7F2N3. The van der Waals surface area contributed by atoms with E-state index in [0.717, 1.165) is 12.1 Å². The smallest absolute Gasteiger partial charge is 0.134 e. The van der Waals surface area contributed by atoms with E-state index in [1.165, 1.54) is 12.3 Å². The molecule has 0 spiro atoms. The Hall–Kier alpha value is -2.35. The van der Waals surface area contributed by atoms with Crippen molar-refractivity contribution in [2.24, 2.45) is 0 Å². The third kappa shape index (κ3) is 1.50. The molecule has 80 valence electrons. The molecule has 3 nitrogen and oxygen atoms in total. The molecule has 0 aliphatic carbocycles. The summed E-state index contributed by atoms with van der Waals surface area (Å²) in [7, 11) is 0. The van der Waals surface area contributed by atoms with Crippen molar-refractivity contribution in [3.05, 3.63) is 41.6 Å². The summed E-state index contributed by atoms with van der Waals surface area (Å²) in [4.78, 5) is 2.62. The minimum atomic E-state index is -0.726. The molecule has 1 heterocycles. The van der Waals surface area contributed by atoms with E-state index in [1.54, 1.807) is 0 Å². The molecule has 0 bridgehead atoms. The summed E-state index contributed by atoms with van der Waals surface area (Å²) in [5, 5.41) is 8.85. The molecule has 0 radical (unpaired) electrons. The lowest BCUT2D eigenvalue weighted by molar-refractivity contribution is 0.585. The molecule has 0 aliphatic heterocycles. The number of aromatic nitrogens is 1. The number of anilines is 1. The van der Waals surface area contributed by atoms with Gasteiger partial charge in [0.25, 0.3) is 0 Å². The van der Waals surface area contributed by atoms with Gasteiger partial charge in [-0.3, -0.25) is 0 Å². The third-order valence-corrected chi connectivity index (χ3v) is 2.24. The highest BCUT2D eigenvalue weighted by atomic mass is 19.1. The quantitative estimate of drug-likeness (QED) is 0.773. The summed E-state index contributed by atoms with van der Waals surface area (Å²) in [6.07, 6.45) is 1.42. The molecule has 0 amide bonds. The first-order chi connectivity index (χ1) is 7.63. The van der Waals surface area contributed by atoms with Crippen LogP contribution in [-0.4, -0.2) is 4.98 Å². The van der Waals surface area contributed by atoms with E-state index in [4.69, 9.17) is 11.0 Å². The fourth-order valence-corrected chi connectivity index (χ4v) is 1.48. The monoisotopic (exact) mass is 219 g/mol. The number of nitrogens with one attached hydrogen (secondary N) is 1. The standard InChI is InChI=1S/C11H7F2N3/c12-6-1-2-7(10(13)3-6)9-5-16-11(15)8(9)4-14/h1-3,5,16H,15H2. The molecule has 2 rings (SSSR count). The molecule has 3 N–H and O–H groups in total. The van der Waals surface area contributed by atoms with Crippen LogP contribution < -0.4 is 5.73 Å². The second-order valence-electron chi connectivity index (χ2n) is 3.23. The van der Waals surface area contributed by atoms with Gasteiger partial charge >= 0.3 is 0 Å². The number of hydrogen-bond donors (Lipinski definition) is 2. The van der Waals surface area contributed by atoms with Gasteiger partial charge in [-0.25, -0.2) is 8.78 Å². The van der Waals surface area contributed by atoms with Crippen molar-refractivity contribution < 1.29 is 8.78 Å². The van der Waals surface area contributed by atoms with Gasteiger partial charge in [-0.05, 0) is 12.1 Å². The third-order valence-electron chi connectivity index (χ3n) is 2.24. The highest BCUT2D eigenvalue weighted by Crippen LogP contribution is 2.29. The highest BCUT2D eigenvalue weighted by molar-refractivity contribution is 5.76. The van der Waals surface area contributed by atoms with Gasteiger partial charge < -0.3 is 10.7 Å². The van der Waals surface area contributed by atoms with E-state index in [9.17, 15) is 8.78 Å². The normalized spacial score (nSPS) is 10.1. The van der Waals surface area contributed by atoms with Gasteiger partial charge in [0.15, 0.2) is 0 Å². The summed E-state index contributed by atoms with van der Waals surface area (Å²) in [6, 6.07) is 5.03. The zero-order valence-electron chi connectivity index (χ0n) is 8.09. The van der Waals surface area contributed by atoms with Gasteiger partial charge in [-0.15, -0.1) is 0 Å². The van der Waals surface area contributed by atoms with E-state index >= 15 is 0 Å². The number of aromatic amines is 1. The molecular weight excluding hydrogens is 212 g/mol. The average molecular weight is 219 g/mol. The lowest BCUT2D eigenvalue weighted by Crippen LogP contribution is -1.90. The lowest BCUT2D eigenvalue weighted by atomic mass is 10.0. The maximum Gasteiger partial charge on any atom is 0.134 e. The number of benzene rings is 1. The van der Waals surface area contributed by atoms with Crippen LogP contribution in [0.2, 0.25) is 0 Å². The minimum absolute atomic E-state index is 0.144. The van der Waals surface area contributed by atoms with Gasteiger partial charge in [-0.2, -0.15) is 5.26 Å². The summed E-state index contributed by atoms with van der Waals surface area (Å²) >= 11 is 0. The van der Waals surface area contributed by atoms with Crippen LogP contribution >= 0.6 is 0 Å². The van der Waals surface area contributed by atoms with Crippen molar-refractivity contribution >= 4 is 5.82 Å². The maximum atomic E-state index is 13.5. The molecule has 2 aromatic rings. The Morgan fingerprint density at radius 2 is 2.00 bits per heavy atom. The summed E-state index contributed by atoms with van der Waals surface area (Å²) < 4.78 is 26.2. The van der Waals surface area contributed by atoms with Crippen LogP contribution in [-0.2, 0) is 0 Å². The van der Waals surface area contributed by atoms with Crippen molar-refractivity contribution in [3.8, 4) is 17.2 Å². The summed E-state index contributed by atoms with van der Waals surface area (Å²) in [5.41, 5.74) is 6.13. The number of H-pyrrole nitrogens is 1. The molecule has 1 aromatic carbocycles. The number of hydrogen-bond acceptors (Lipinski definition) is 2. The SMILES string of the molecule is N#Cc1c(-c2ccc(F)cc2F)c[nH]c1N. The van der Waals surface area contributed by atoms with E-state index in [1.807, 2.05) is 6.07 Å². The molecule has 5 heteroatoms. The van der Waals surface area contributed by atoms with Gasteiger partial charge in [0.2, 0.25) is 0 Å². The molecule has 0 saturated heterocycles. The van der Waals surface area contributed by atoms with Gasteiger partial charge in [0, 0.05) is 23.4 Å². The van der Waals surface area contributed by atoms with Crippen molar-refractivity contribution in [2.45, 2.75) is 0 Å². The fourth-order valence-electron chi connectivity index (χ4n) is 1.48. The zero-order chi connectivity index (χ0) is 11.7. The number of nitrogens with zero attached hydrogens (tertiary/aromatic N) is 1. The summed E-state index contributed by atoms with van der Waals surface area (Å²) in [6.45, 7) is 0. The molecule has 0 unspecified atom stereocenters. The first-order valence-electron chi connectivity index (χ1n) is 4.46. The van der Waals surface area contributed by atoms with E-state index in [0.29, 0.717) is 5.56 Å². The number of nitrogen functional groups attached to an aromatic ring is 1. The predicted molar refractivity (Wildman–Crippen MR) is 55.3 cm³/mol. The predicted octanol–water partition coefficient (Wildman–Crippen LogP) is 2.41. The molecule has 0 atom stereocenters. The first-order valence-corrected chi connectivity index (χ1v) is 4.46. The van der Waals surface area contributed by atoms with Gasteiger partial charge in [0.05, 0.1) is 0 Å². The van der Waals surface area contributed by atoms with Crippen LogP contribution in [0.5, 0.6) is 0 Å². The van der Waals surface area contributed by atoms with Crippen molar-refractivity contribution in [1.29, 1.82) is 5.26 Å². The van der Waals surface area contributed by atoms with Crippen LogP contribution in [0.15, 0.2) is 24.4 Å². The van der Waals surface area contributed by atoms with Crippen LogP contribution in [0.25, 0.3) is 11.1 Å². The van der Waals surface area contributed by atoms with Gasteiger partial charge in [0.1, 0.15) is 29.1 Å². The number of nitriles is 1. The highest BCUT2D eigenvalue weighted by Gasteiger charge is 2.14. The van der Waals surface area contributed by atoms with Crippen molar-refractivity contribution in [3.63, 3.8) is 0 Å². The van der Waals surface area contributed by atoms with Crippen LogP contribution in [0.1, 0.15) is 5.56 Å². The number of rotatable bonds is 1. The Balaban J connectivity index is 2.64. The Morgan fingerprint density at radius 3 is 2.62 bits per heavy atom. The fraction of sp³-hybridized carbons (Fsp3) is 0. The van der Waals surface area contributed by atoms with Crippen LogP contribution in [0, 0.1) is 23.0 Å². The van der Waals surface area contributed by atoms with Crippen LogP contribution in [0.4, 0.5) is 14.6 Å². The molecule has 0 fully saturated rings. The average Bonchev–Trinajstić information content (AvgIpc) is 2.59. The zero-order valence-corrected chi connectivity index (χ0v) is 8.09. The Labute approximate surface area is 90.1 Å². The van der Waals surface area contributed by atoms with E-state index in [2.05, 4.69) is 4.98 Å². The second kappa shape index (κ2) is 3.66. The van der Waals surface area contributed by atoms with E-state index in [-0.39, 0.29) is 16.9 Å². The lowest BCUT2D eigenvalue weighted by Gasteiger charge is -2.01. The molecule has 0 aliphatic rings. The van der Waals surface area contributed by atoms with Crippen molar-refractivity contribution in [2.75, 3.05) is 5.73 Å². The molecule has 16 heavy (non-hydrogen) atoms. The minimum Gasteiger partial charge on any atom is -0.384 e. The maximum absolute atomic E-state index is 13.5. The second-order valence-corrected chi connectivity index (χ2v) is 3.23. The first kappa shape index (κ1) is 10.2.